The molecule has 1 heterocycles. The lowest BCUT2D eigenvalue weighted by Gasteiger charge is -2.22. The first kappa shape index (κ1) is 15.3. The first-order valence-electron chi connectivity index (χ1n) is 6.47. The van der Waals surface area contributed by atoms with Crippen LogP contribution in [0.15, 0.2) is 18.3 Å². The van der Waals surface area contributed by atoms with Gasteiger partial charge in [0.1, 0.15) is 0 Å². The molecule has 0 spiro atoms. The Morgan fingerprint density at radius 2 is 2.06 bits per heavy atom. The van der Waals surface area contributed by atoms with E-state index < -0.39 is 11.0 Å². The van der Waals surface area contributed by atoms with Gasteiger partial charge in [0.2, 0.25) is 0 Å². The van der Waals surface area contributed by atoms with Crippen LogP contribution in [0.3, 0.4) is 0 Å². The van der Waals surface area contributed by atoms with E-state index in [9.17, 15) is 4.21 Å². The molecule has 0 aliphatic carbocycles. The molecule has 1 rings (SSSR count). The number of aromatic nitrogens is 1. The lowest BCUT2D eigenvalue weighted by molar-refractivity contribution is 0.615. The molecule has 0 bridgehead atoms. The van der Waals surface area contributed by atoms with Gasteiger partial charge in [-0.3, -0.25) is 4.98 Å². The predicted octanol–water partition coefficient (Wildman–Crippen LogP) is 3.15. The zero-order valence-corrected chi connectivity index (χ0v) is 12.8. The van der Waals surface area contributed by atoms with Gasteiger partial charge in [-0.1, -0.05) is 19.4 Å². The fourth-order valence-electron chi connectivity index (χ4n) is 1.50. The number of hydrogen-bond donors (Lipinski definition) is 1. The summed E-state index contributed by atoms with van der Waals surface area (Å²) in [6, 6.07) is 4.17. The van der Waals surface area contributed by atoms with E-state index in [4.69, 9.17) is 0 Å². The van der Waals surface area contributed by atoms with Crippen molar-refractivity contribution in [1.82, 2.24) is 9.71 Å². The van der Waals surface area contributed by atoms with Crippen LogP contribution in [0.4, 0.5) is 0 Å². The lowest BCUT2D eigenvalue weighted by atomic mass is 10.1. The molecule has 0 saturated carbocycles. The molecule has 1 N–H and O–H groups in total. The van der Waals surface area contributed by atoms with Crippen LogP contribution >= 0.6 is 0 Å². The Bertz CT molecular complexity index is 395. The van der Waals surface area contributed by atoms with Gasteiger partial charge in [0.15, 0.2) is 0 Å². The highest BCUT2D eigenvalue weighted by Crippen LogP contribution is 2.16. The summed E-state index contributed by atoms with van der Waals surface area (Å²) in [6.45, 7) is 10.1. The molecule has 2 atom stereocenters. The zero-order chi connectivity index (χ0) is 13.8. The number of pyridine rings is 1. The molecule has 0 aromatic carbocycles. The summed E-state index contributed by atoms with van der Waals surface area (Å²) in [4.78, 5) is 4.42. The smallest absolute Gasteiger partial charge is 0.0975 e. The Morgan fingerprint density at radius 3 is 2.50 bits per heavy atom. The van der Waals surface area contributed by atoms with Crippen molar-refractivity contribution in [3.05, 3.63) is 29.6 Å². The second-order valence-electron chi connectivity index (χ2n) is 5.55. The first-order valence-corrected chi connectivity index (χ1v) is 7.62. The molecule has 4 heteroatoms. The first-order chi connectivity index (χ1) is 8.34. The molecular weight excluding hydrogens is 244 g/mol. The van der Waals surface area contributed by atoms with E-state index in [1.807, 2.05) is 33.9 Å². The van der Waals surface area contributed by atoms with Crippen LogP contribution in [0.2, 0.25) is 0 Å². The second-order valence-corrected chi connectivity index (χ2v) is 7.55. The summed E-state index contributed by atoms with van der Waals surface area (Å²) in [5.74, 6) is 0. The average molecular weight is 268 g/mol. The van der Waals surface area contributed by atoms with Crippen LogP contribution in [0.1, 0.15) is 58.3 Å². The van der Waals surface area contributed by atoms with Crippen LogP contribution in [-0.4, -0.2) is 13.9 Å². The minimum Gasteiger partial charge on any atom is -0.261 e. The van der Waals surface area contributed by atoms with E-state index in [-0.39, 0.29) is 10.8 Å². The molecule has 0 amide bonds. The second kappa shape index (κ2) is 6.43. The highest BCUT2D eigenvalue weighted by Gasteiger charge is 2.21. The molecule has 0 aliphatic heterocycles. The summed E-state index contributed by atoms with van der Waals surface area (Å²) in [7, 11) is -1.05. The van der Waals surface area contributed by atoms with Crippen molar-refractivity contribution in [2.24, 2.45) is 0 Å². The van der Waals surface area contributed by atoms with Gasteiger partial charge in [0.05, 0.1) is 15.7 Å². The van der Waals surface area contributed by atoms with Crippen LogP contribution in [0, 0.1) is 0 Å². The Labute approximate surface area is 113 Å². The summed E-state index contributed by atoms with van der Waals surface area (Å²) in [5, 5.41) is 0. The zero-order valence-electron chi connectivity index (χ0n) is 12.0. The SMILES string of the molecule is CCCc1ccc([C@@H](C)N[S@](=O)C(C)(C)C)cn1. The molecule has 3 nitrogen and oxygen atoms in total. The van der Waals surface area contributed by atoms with Crippen molar-refractivity contribution in [2.45, 2.75) is 58.2 Å². The topological polar surface area (TPSA) is 42.0 Å². The largest absolute Gasteiger partial charge is 0.261 e. The van der Waals surface area contributed by atoms with Crippen molar-refractivity contribution >= 4 is 11.0 Å². The van der Waals surface area contributed by atoms with Crippen molar-refractivity contribution < 1.29 is 4.21 Å². The number of nitrogens with one attached hydrogen (secondary N) is 1. The van der Waals surface area contributed by atoms with Gasteiger partial charge in [0.25, 0.3) is 0 Å². The molecule has 102 valence electrons. The maximum atomic E-state index is 12.0. The fourth-order valence-corrected chi connectivity index (χ4v) is 2.31. The molecular formula is C14H24N2OS. The molecule has 18 heavy (non-hydrogen) atoms. The third-order valence-corrected chi connectivity index (χ3v) is 4.37. The fraction of sp³-hybridized carbons (Fsp3) is 0.643. The third kappa shape index (κ3) is 4.50. The van der Waals surface area contributed by atoms with Crippen LogP contribution < -0.4 is 4.72 Å². The van der Waals surface area contributed by atoms with Crippen LogP contribution in [0.25, 0.3) is 0 Å². The molecule has 0 radical (unpaired) electrons. The Hall–Kier alpha value is -0.740. The van der Waals surface area contributed by atoms with Crippen molar-refractivity contribution in [3.8, 4) is 0 Å². The predicted molar refractivity (Wildman–Crippen MR) is 77.7 cm³/mol. The summed E-state index contributed by atoms with van der Waals surface area (Å²) in [6.07, 6.45) is 3.99. The third-order valence-electron chi connectivity index (χ3n) is 2.69. The van der Waals surface area contributed by atoms with Crippen molar-refractivity contribution in [1.29, 1.82) is 0 Å². The normalized spacial score (nSPS) is 15.4. The number of aryl methyl sites for hydroxylation is 1. The maximum absolute atomic E-state index is 12.0. The van der Waals surface area contributed by atoms with Gasteiger partial charge < -0.3 is 0 Å². The van der Waals surface area contributed by atoms with Crippen molar-refractivity contribution in [2.75, 3.05) is 0 Å². The van der Waals surface area contributed by atoms with Gasteiger partial charge in [-0.2, -0.15) is 0 Å². The number of nitrogens with zero attached hydrogens (tertiary/aromatic N) is 1. The number of hydrogen-bond acceptors (Lipinski definition) is 2. The van der Waals surface area contributed by atoms with E-state index in [2.05, 4.69) is 28.8 Å². The van der Waals surface area contributed by atoms with Gasteiger partial charge in [0, 0.05) is 17.9 Å². The Balaban J connectivity index is 2.67. The van der Waals surface area contributed by atoms with E-state index in [1.165, 1.54) is 0 Å². The number of rotatable bonds is 5. The van der Waals surface area contributed by atoms with E-state index in [1.54, 1.807) is 0 Å². The average Bonchev–Trinajstić information content (AvgIpc) is 2.29. The van der Waals surface area contributed by atoms with Gasteiger partial charge in [-0.15, -0.1) is 0 Å². The highest BCUT2D eigenvalue weighted by atomic mass is 32.2. The van der Waals surface area contributed by atoms with Gasteiger partial charge in [-0.25, -0.2) is 8.93 Å². The molecule has 1 aromatic rings. The van der Waals surface area contributed by atoms with Crippen LogP contribution in [0.5, 0.6) is 0 Å². The lowest BCUT2D eigenvalue weighted by Crippen LogP contribution is -2.34. The summed E-state index contributed by atoms with van der Waals surface area (Å²) >= 11 is 0. The standard InChI is InChI=1S/C14H24N2OS/c1-6-7-13-9-8-12(10-15-13)11(2)16-18(17)14(3,4)5/h8-11,16H,6-7H2,1-5H3/t11-,18-/m1/s1. The molecule has 0 aliphatic rings. The van der Waals surface area contributed by atoms with E-state index in [0.29, 0.717) is 0 Å². The molecule has 0 unspecified atom stereocenters. The Kier molecular flexibility index (Phi) is 5.47. The van der Waals surface area contributed by atoms with Gasteiger partial charge >= 0.3 is 0 Å². The minimum absolute atomic E-state index is 0.0493. The molecule has 0 fully saturated rings. The molecule has 0 saturated heterocycles. The highest BCUT2D eigenvalue weighted by molar-refractivity contribution is 7.84. The van der Waals surface area contributed by atoms with Crippen molar-refractivity contribution in [3.63, 3.8) is 0 Å². The quantitative estimate of drug-likeness (QED) is 0.891. The monoisotopic (exact) mass is 268 g/mol. The van der Waals surface area contributed by atoms with Gasteiger partial charge in [-0.05, 0) is 45.7 Å². The summed E-state index contributed by atoms with van der Waals surface area (Å²) < 4.78 is 14.9. The van der Waals surface area contributed by atoms with E-state index >= 15 is 0 Å². The minimum atomic E-state index is -1.05. The molecule has 1 aromatic heterocycles. The van der Waals surface area contributed by atoms with E-state index in [0.717, 1.165) is 24.1 Å². The Morgan fingerprint density at radius 1 is 1.39 bits per heavy atom. The maximum Gasteiger partial charge on any atom is 0.0975 e. The summed E-state index contributed by atoms with van der Waals surface area (Å²) in [5.41, 5.74) is 2.19. The van der Waals surface area contributed by atoms with Crippen LogP contribution in [-0.2, 0) is 17.4 Å².